The molecule has 0 radical (unpaired) electrons. The second-order valence-corrected chi connectivity index (χ2v) is 10.2. The van der Waals surface area contributed by atoms with Crippen molar-refractivity contribution in [3.8, 4) is 5.75 Å². The van der Waals surface area contributed by atoms with E-state index < -0.39 is 0 Å². The number of hydrogen-bond donors (Lipinski definition) is 1. The maximum Gasteiger partial charge on any atom is 0.236 e. The molecular weight excluding hydrogens is 414 g/mol. The Labute approximate surface area is 198 Å². The number of amides is 2. The van der Waals surface area contributed by atoms with Crippen LogP contribution in [0.5, 0.6) is 5.75 Å². The van der Waals surface area contributed by atoms with Crippen molar-refractivity contribution >= 4 is 11.8 Å². The zero-order valence-corrected chi connectivity index (χ0v) is 20.2. The smallest absolute Gasteiger partial charge is 0.236 e. The fraction of sp³-hybridized carbons (Fsp3) is 0.630. The van der Waals surface area contributed by atoms with Crippen molar-refractivity contribution in [2.45, 2.75) is 71.0 Å². The van der Waals surface area contributed by atoms with E-state index in [1.165, 1.54) is 12.8 Å². The molecule has 0 spiro atoms. The second kappa shape index (κ2) is 11.2. The molecule has 4 rings (SSSR count). The third kappa shape index (κ3) is 6.38. The Hall–Kier alpha value is -2.34. The third-order valence-electron chi connectivity index (χ3n) is 7.30. The van der Waals surface area contributed by atoms with Gasteiger partial charge in [0, 0.05) is 43.7 Å². The Morgan fingerprint density at radius 1 is 1.15 bits per heavy atom. The van der Waals surface area contributed by atoms with Crippen LogP contribution in [0.15, 0.2) is 36.4 Å². The first-order valence-electron chi connectivity index (χ1n) is 12.7. The van der Waals surface area contributed by atoms with Crippen LogP contribution in [-0.2, 0) is 16.1 Å². The lowest BCUT2D eigenvalue weighted by Gasteiger charge is -2.39. The Bertz CT molecular complexity index is 847. The van der Waals surface area contributed by atoms with Gasteiger partial charge >= 0.3 is 0 Å². The minimum absolute atomic E-state index is 0.101. The van der Waals surface area contributed by atoms with Gasteiger partial charge in [-0.1, -0.05) is 43.2 Å². The summed E-state index contributed by atoms with van der Waals surface area (Å²) in [5.41, 5.74) is 1.14. The highest BCUT2D eigenvalue weighted by Gasteiger charge is 2.33. The molecule has 33 heavy (non-hydrogen) atoms. The SMILES string of the molecule is CC(C)NC(=O)C[C@@H]1CCN2C[C@@H]1C=CCOc1ccccc1CN(C1CCCC1)CC2=O. The largest absolute Gasteiger partial charge is 0.489 e. The zero-order chi connectivity index (χ0) is 23.2. The lowest BCUT2D eigenvalue weighted by atomic mass is 9.82. The van der Waals surface area contributed by atoms with Crippen molar-refractivity contribution in [3.63, 3.8) is 0 Å². The molecule has 1 saturated heterocycles. The second-order valence-electron chi connectivity index (χ2n) is 10.2. The maximum atomic E-state index is 13.4. The Morgan fingerprint density at radius 2 is 1.94 bits per heavy atom. The summed E-state index contributed by atoms with van der Waals surface area (Å²) >= 11 is 0. The van der Waals surface area contributed by atoms with Crippen LogP contribution >= 0.6 is 0 Å². The highest BCUT2D eigenvalue weighted by Crippen LogP contribution is 2.31. The van der Waals surface area contributed by atoms with Gasteiger partial charge < -0.3 is 15.0 Å². The van der Waals surface area contributed by atoms with Gasteiger partial charge in [-0.25, -0.2) is 0 Å². The fourth-order valence-electron chi connectivity index (χ4n) is 5.57. The number of para-hydroxylation sites is 1. The van der Waals surface area contributed by atoms with E-state index in [0.29, 0.717) is 32.2 Å². The van der Waals surface area contributed by atoms with E-state index in [2.05, 4.69) is 28.4 Å². The number of carbonyl (C=O) groups excluding carboxylic acids is 2. The highest BCUT2D eigenvalue weighted by atomic mass is 16.5. The molecule has 2 aliphatic heterocycles. The van der Waals surface area contributed by atoms with Crippen LogP contribution in [0.4, 0.5) is 0 Å². The summed E-state index contributed by atoms with van der Waals surface area (Å²) in [7, 11) is 0. The summed E-state index contributed by atoms with van der Waals surface area (Å²) in [6.45, 7) is 7.08. The van der Waals surface area contributed by atoms with E-state index >= 15 is 0 Å². The summed E-state index contributed by atoms with van der Waals surface area (Å²) in [4.78, 5) is 30.3. The lowest BCUT2D eigenvalue weighted by molar-refractivity contribution is -0.135. The monoisotopic (exact) mass is 453 g/mol. The average Bonchev–Trinajstić information content (AvgIpc) is 3.32. The summed E-state index contributed by atoms with van der Waals surface area (Å²) in [6, 6.07) is 8.80. The number of fused-ring (bicyclic) bond motifs is 3. The molecule has 2 atom stereocenters. The molecule has 6 nitrogen and oxygen atoms in total. The first kappa shape index (κ1) is 23.8. The van der Waals surface area contributed by atoms with Gasteiger partial charge in [-0.15, -0.1) is 0 Å². The Kier molecular flexibility index (Phi) is 8.07. The minimum atomic E-state index is 0.101. The van der Waals surface area contributed by atoms with Crippen molar-refractivity contribution in [2.75, 3.05) is 26.2 Å². The van der Waals surface area contributed by atoms with Crippen molar-refractivity contribution in [3.05, 3.63) is 42.0 Å². The van der Waals surface area contributed by atoms with Crippen LogP contribution in [0, 0.1) is 11.8 Å². The van der Waals surface area contributed by atoms with E-state index in [0.717, 1.165) is 43.7 Å². The van der Waals surface area contributed by atoms with E-state index in [4.69, 9.17) is 4.74 Å². The Balaban J connectivity index is 1.55. The van der Waals surface area contributed by atoms with Crippen LogP contribution in [0.3, 0.4) is 0 Å². The van der Waals surface area contributed by atoms with Gasteiger partial charge in [0.2, 0.25) is 11.8 Å². The molecule has 2 heterocycles. The van der Waals surface area contributed by atoms with Gasteiger partial charge in [0.15, 0.2) is 0 Å². The van der Waals surface area contributed by atoms with Crippen molar-refractivity contribution < 1.29 is 14.3 Å². The van der Waals surface area contributed by atoms with Gasteiger partial charge in [0.25, 0.3) is 0 Å². The lowest BCUT2D eigenvalue weighted by Crippen LogP contribution is -2.49. The molecule has 0 aromatic heterocycles. The molecule has 180 valence electrons. The third-order valence-corrected chi connectivity index (χ3v) is 7.30. The molecule has 6 heteroatoms. The number of hydrogen-bond acceptors (Lipinski definition) is 4. The number of carbonyl (C=O) groups is 2. The predicted octanol–water partition coefficient (Wildman–Crippen LogP) is 3.76. The molecule has 1 aliphatic carbocycles. The summed E-state index contributed by atoms with van der Waals surface area (Å²) < 4.78 is 6.15. The number of nitrogens with zero attached hydrogens (tertiary/aromatic N) is 2. The van der Waals surface area contributed by atoms with Crippen molar-refractivity contribution in [1.29, 1.82) is 0 Å². The number of nitrogens with one attached hydrogen (secondary N) is 1. The molecule has 3 aliphatic rings. The van der Waals surface area contributed by atoms with E-state index in [1.54, 1.807) is 0 Å². The molecule has 1 saturated carbocycles. The number of piperidine rings is 1. The first-order chi connectivity index (χ1) is 16.0. The fourth-order valence-corrected chi connectivity index (χ4v) is 5.57. The maximum absolute atomic E-state index is 13.4. The molecule has 2 fully saturated rings. The standard InChI is InChI=1S/C27H39N3O3/c1-20(2)28-26(31)16-21-13-14-29-17-22(21)9-7-15-33-25-12-6-3-8-23(25)18-30(19-27(29)32)24-10-4-5-11-24/h3,6-9,12,20-22,24H,4-5,10-11,13-19H2,1-2H3,(H,28,31)/t21-,22-/m0/s1. The summed E-state index contributed by atoms with van der Waals surface area (Å²) in [5.74, 6) is 1.62. The average molecular weight is 454 g/mol. The van der Waals surface area contributed by atoms with Gasteiger partial charge in [-0.2, -0.15) is 0 Å². The molecular formula is C27H39N3O3. The van der Waals surface area contributed by atoms with Crippen LogP contribution in [0.25, 0.3) is 0 Å². The molecule has 0 unspecified atom stereocenters. The predicted molar refractivity (Wildman–Crippen MR) is 130 cm³/mol. The van der Waals surface area contributed by atoms with Gasteiger partial charge in [0.1, 0.15) is 12.4 Å². The topological polar surface area (TPSA) is 61.9 Å². The highest BCUT2D eigenvalue weighted by molar-refractivity contribution is 5.79. The molecule has 1 N–H and O–H groups in total. The zero-order valence-electron chi connectivity index (χ0n) is 20.2. The van der Waals surface area contributed by atoms with Crippen LogP contribution in [-0.4, -0.2) is 59.9 Å². The summed E-state index contributed by atoms with van der Waals surface area (Å²) in [6.07, 6.45) is 10.4. The number of ether oxygens (including phenoxy) is 1. The molecule has 1 aromatic carbocycles. The van der Waals surface area contributed by atoms with E-state index in [1.807, 2.05) is 36.9 Å². The molecule has 2 bridgehead atoms. The van der Waals surface area contributed by atoms with Gasteiger partial charge in [-0.3, -0.25) is 14.5 Å². The van der Waals surface area contributed by atoms with Gasteiger partial charge in [-0.05, 0) is 51.0 Å². The normalized spacial score (nSPS) is 25.1. The number of benzene rings is 1. The first-order valence-corrected chi connectivity index (χ1v) is 12.7. The van der Waals surface area contributed by atoms with E-state index in [9.17, 15) is 9.59 Å². The van der Waals surface area contributed by atoms with Crippen LogP contribution < -0.4 is 10.1 Å². The van der Waals surface area contributed by atoms with Gasteiger partial charge in [0.05, 0.1) is 6.54 Å². The van der Waals surface area contributed by atoms with Crippen LogP contribution in [0.2, 0.25) is 0 Å². The van der Waals surface area contributed by atoms with Crippen molar-refractivity contribution in [2.24, 2.45) is 11.8 Å². The van der Waals surface area contributed by atoms with Crippen molar-refractivity contribution in [1.82, 2.24) is 15.1 Å². The Morgan fingerprint density at radius 3 is 2.73 bits per heavy atom. The molecule has 2 amide bonds. The van der Waals surface area contributed by atoms with Crippen LogP contribution in [0.1, 0.15) is 57.9 Å². The quantitative estimate of drug-likeness (QED) is 0.705. The molecule has 1 aromatic rings. The minimum Gasteiger partial charge on any atom is -0.489 e. The summed E-state index contributed by atoms with van der Waals surface area (Å²) in [5, 5.41) is 3.02. The number of rotatable bonds is 4. The van der Waals surface area contributed by atoms with E-state index in [-0.39, 0.29) is 29.7 Å².